The molecule has 0 spiro atoms. The van der Waals surface area contributed by atoms with Crippen molar-refractivity contribution in [2.45, 2.75) is 20.0 Å². The van der Waals surface area contributed by atoms with Crippen LogP contribution in [0.2, 0.25) is 0 Å². The monoisotopic (exact) mass is 583 g/mol. The number of carbonyl (C=O) groups excluding carboxylic acids is 2. The van der Waals surface area contributed by atoms with E-state index < -0.39 is 17.6 Å². The lowest BCUT2D eigenvalue weighted by molar-refractivity contribution is -0.137. The lowest BCUT2D eigenvalue weighted by Crippen LogP contribution is -2.15. The molecule has 5 aromatic rings. The minimum atomic E-state index is -4.64. The van der Waals surface area contributed by atoms with Gasteiger partial charge in [-0.3, -0.25) is 9.59 Å². The summed E-state index contributed by atoms with van der Waals surface area (Å²) in [6, 6.07) is 15.3. The number of benzene rings is 3. The molecular weight excluding hydrogens is 559 g/mol. The number of fused-ring (bicyclic) bond motifs is 1. The van der Waals surface area contributed by atoms with E-state index in [1.165, 1.54) is 17.0 Å². The van der Waals surface area contributed by atoms with Gasteiger partial charge in [0.25, 0.3) is 11.8 Å². The van der Waals surface area contributed by atoms with Gasteiger partial charge in [0.05, 0.1) is 34.5 Å². The third kappa shape index (κ3) is 5.89. The van der Waals surface area contributed by atoms with Crippen LogP contribution >= 0.6 is 0 Å². The summed E-state index contributed by atoms with van der Waals surface area (Å²) in [5.74, 6) is -0.366. The van der Waals surface area contributed by atoms with Crippen molar-refractivity contribution < 1.29 is 22.8 Å². The second-order valence-electron chi connectivity index (χ2n) is 10.0. The Balaban J connectivity index is 1.21. The highest BCUT2D eigenvalue weighted by molar-refractivity contribution is 6.34. The maximum absolute atomic E-state index is 13.6. The molecule has 4 N–H and O–H groups in total. The third-order valence-corrected chi connectivity index (χ3v) is 6.74. The molecule has 1 aliphatic heterocycles. The fraction of sp³-hybridized carbons (Fsp3) is 0.0968. The molecule has 2 aromatic heterocycles. The maximum Gasteiger partial charge on any atom is 0.416 e. The number of aryl methyl sites for hydroxylation is 2. The summed E-state index contributed by atoms with van der Waals surface area (Å²) in [6.07, 6.45) is 1.77. The zero-order valence-corrected chi connectivity index (χ0v) is 22.9. The highest BCUT2D eigenvalue weighted by atomic mass is 19.4. The summed E-state index contributed by atoms with van der Waals surface area (Å²) in [5, 5.41) is 8.77. The highest BCUT2D eigenvalue weighted by Gasteiger charge is 2.32. The standard InChI is InChI=1S/C31H24F3N7O2/c1-17-14-35-28(37-17)13-26-25-7-6-23(12-27(25)40-30(26)43)38-21-4-3-5-22(11-21)39-29(42)19-8-20(31(32,33)34)10-24(9-19)41-15-18(2)36-16-41/h3-16,38H,1-2H3,(H,35,37)(H,39,42)(H,40,43). The topological polar surface area (TPSA) is 117 Å². The van der Waals surface area contributed by atoms with Crippen molar-refractivity contribution in [2.24, 2.45) is 0 Å². The summed E-state index contributed by atoms with van der Waals surface area (Å²) in [4.78, 5) is 37.1. The van der Waals surface area contributed by atoms with Crippen LogP contribution in [0, 0.1) is 13.8 Å². The van der Waals surface area contributed by atoms with Crippen molar-refractivity contribution in [3.05, 3.63) is 113 Å². The summed E-state index contributed by atoms with van der Waals surface area (Å²) < 4.78 is 42.4. The van der Waals surface area contributed by atoms with Crippen molar-refractivity contribution in [3.63, 3.8) is 0 Å². The van der Waals surface area contributed by atoms with Crippen LogP contribution in [0.4, 0.5) is 35.9 Å². The zero-order valence-electron chi connectivity index (χ0n) is 22.9. The van der Waals surface area contributed by atoms with E-state index in [0.29, 0.717) is 39.8 Å². The average Bonchev–Trinajstić information content (AvgIpc) is 3.66. The molecule has 3 aromatic carbocycles. The first-order valence-electron chi connectivity index (χ1n) is 13.1. The number of nitrogens with zero attached hydrogens (tertiary/aromatic N) is 3. The Morgan fingerprint density at radius 3 is 2.49 bits per heavy atom. The van der Waals surface area contributed by atoms with Gasteiger partial charge in [-0.05, 0) is 68.5 Å². The van der Waals surface area contributed by atoms with Crippen molar-refractivity contribution >= 4 is 46.2 Å². The number of hydrogen-bond donors (Lipinski definition) is 4. The van der Waals surface area contributed by atoms with Gasteiger partial charge < -0.3 is 25.5 Å². The van der Waals surface area contributed by atoms with Crippen LogP contribution < -0.4 is 16.0 Å². The van der Waals surface area contributed by atoms with Crippen molar-refractivity contribution in [1.82, 2.24) is 19.5 Å². The van der Waals surface area contributed by atoms with Crippen molar-refractivity contribution in [1.29, 1.82) is 0 Å². The van der Waals surface area contributed by atoms with Gasteiger partial charge in [-0.1, -0.05) is 12.1 Å². The van der Waals surface area contributed by atoms with Crippen LogP contribution in [-0.4, -0.2) is 31.3 Å². The first kappa shape index (κ1) is 27.5. The van der Waals surface area contributed by atoms with E-state index >= 15 is 0 Å². The molecule has 3 heterocycles. The SMILES string of the molecule is Cc1cn(-c2cc(C(=O)Nc3cccc(Nc4ccc5c(c4)NC(=O)C5=Cc4nc(C)c[nH]4)c3)cc(C(F)(F)F)c2)cn1. The Kier molecular flexibility index (Phi) is 6.81. The van der Waals surface area contributed by atoms with E-state index in [2.05, 4.69) is 30.9 Å². The van der Waals surface area contributed by atoms with Gasteiger partial charge in [0, 0.05) is 46.3 Å². The summed E-state index contributed by atoms with van der Waals surface area (Å²) in [5.41, 5.74) is 4.01. The Labute approximate surface area is 243 Å². The van der Waals surface area contributed by atoms with Crippen molar-refractivity contribution in [3.8, 4) is 5.69 Å². The second-order valence-corrected chi connectivity index (χ2v) is 10.0. The quantitative estimate of drug-likeness (QED) is 0.166. The highest BCUT2D eigenvalue weighted by Crippen LogP contribution is 2.36. The fourth-order valence-electron chi connectivity index (χ4n) is 4.72. The predicted octanol–water partition coefficient (Wildman–Crippen LogP) is 6.72. The van der Waals surface area contributed by atoms with E-state index in [-0.39, 0.29) is 17.2 Å². The van der Waals surface area contributed by atoms with Gasteiger partial charge in [0.2, 0.25) is 0 Å². The number of amides is 2. The van der Waals surface area contributed by atoms with E-state index in [9.17, 15) is 22.8 Å². The van der Waals surface area contributed by atoms with Crippen molar-refractivity contribution in [2.75, 3.05) is 16.0 Å². The van der Waals surface area contributed by atoms with Gasteiger partial charge >= 0.3 is 6.18 Å². The molecule has 0 saturated heterocycles. The second kappa shape index (κ2) is 10.6. The number of hydrogen-bond acceptors (Lipinski definition) is 5. The number of rotatable bonds is 6. The van der Waals surface area contributed by atoms with Crippen LogP contribution in [0.3, 0.4) is 0 Å². The molecule has 9 nitrogen and oxygen atoms in total. The van der Waals surface area contributed by atoms with Gasteiger partial charge in [-0.25, -0.2) is 9.97 Å². The van der Waals surface area contributed by atoms with Gasteiger partial charge in [-0.15, -0.1) is 0 Å². The Morgan fingerprint density at radius 1 is 0.977 bits per heavy atom. The summed E-state index contributed by atoms with van der Waals surface area (Å²) in [7, 11) is 0. The Hall–Kier alpha value is -5.65. The van der Waals surface area contributed by atoms with E-state index in [1.807, 2.05) is 19.1 Å². The van der Waals surface area contributed by atoms with Crippen LogP contribution in [-0.2, 0) is 11.0 Å². The minimum absolute atomic E-state index is 0.155. The molecule has 0 aliphatic carbocycles. The number of imidazole rings is 2. The minimum Gasteiger partial charge on any atom is -0.355 e. The normalized spacial score (nSPS) is 13.6. The predicted molar refractivity (Wildman–Crippen MR) is 157 cm³/mol. The van der Waals surface area contributed by atoms with Gasteiger partial charge in [-0.2, -0.15) is 13.2 Å². The number of halogens is 3. The van der Waals surface area contributed by atoms with E-state index in [0.717, 1.165) is 23.4 Å². The average molecular weight is 584 g/mol. The molecule has 6 rings (SSSR count). The first-order chi connectivity index (χ1) is 20.5. The maximum atomic E-state index is 13.6. The summed E-state index contributed by atoms with van der Waals surface area (Å²) in [6.45, 7) is 3.57. The molecular formula is C31H24F3N7O2. The Morgan fingerprint density at radius 2 is 1.77 bits per heavy atom. The number of anilines is 4. The zero-order chi connectivity index (χ0) is 30.3. The molecule has 0 fully saturated rings. The molecule has 0 radical (unpaired) electrons. The fourth-order valence-corrected chi connectivity index (χ4v) is 4.72. The number of aromatic amines is 1. The molecule has 0 atom stereocenters. The number of H-pyrrole nitrogens is 1. The van der Waals surface area contributed by atoms with E-state index in [1.54, 1.807) is 55.7 Å². The first-order valence-corrected chi connectivity index (χ1v) is 13.1. The molecule has 2 amide bonds. The van der Waals surface area contributed by atoms with Gasteiger partial charge in [0.1, 0.15) is 5.82 Å². The number of alkyl halides is 3. The largest absolute Gasteiger partial charge is 0.416 e. The van der Waals surface area contributed by atoms with Crippen LogP contribution in [0.15, 0.2) is 79.4 Å². The Bertz CT molecular complexity index is 1920. The number of nitrogens with one attached hydrogen (secondary N) is 4. The molecule has 43 heavy (non-hydrogen) atoms. The molecule has 0 bridgehead atoms. The number of carbonyl (C=O) groups is 2. The number of aromatic nitrogens is 4. The molecule has 1 aliphatic rings. The smallest absolute Gasteiger partial charge is 0.355 e. The van der Waals surface area contributed by atoms with Crippen LogP contribution in [0.1, 0.15) is 38.7 Å². The molecule has 0 unspecified atom stereocenters. The molecule has 216 valence electrons. The molecule has 12 heteroatoms. The lowest BCUT2D eigenvalue weighted by atomic mass is 10.1. The van der Waals surface area contributed by atoms with Crippen LogP contribution in [0.25, 0.3) is 17.3 Å². The summed E-state index contributed by atoms with van der Waals surface area (Å²) >= 11 is 0. The van der Waals surface area contributed by atoms with Gasteiger partial charge in [0.15, 0.2) is 0 Å². The van der Waals surface area contributed by atoms with E-state index in [4.69, 9.17) is 0 Å². The lowest BCUT2D eigenvalue weighted by Gasteiger charge is -2.14. The molecule has 0 saturated carbocycles. The third-order valence-electron chi connectivity index (χ3n) is 6.74. The van der Waals surface area contributed by atoms with Crippen LogP contribution in [0.5, 0.6) is 0 Å².